The zero-order valence-corrected chi connectivity index (χ0v) is 9.74. The molecule has 2 rings (SSSR count). The Morgan fingerprint density at radius 3 is 2.50 bits per heavy atom. The van der Waals surface area contributed by atoms with E-state index in [1.165, 1.54) is 12.7 Å². The highest BCUT2D eigenvalue weighted by molar-refractivity contribution is 5.77. The minimum Gasteiger partial charge on any atom is -0.469 e. The zero-order chi connectivity index (χ0) is 11.4. The lowest BCUT2D eigenvalue weighted by Crippen LogP contribution is -2.39. The predicted octanol–water partition coefficient (Wildman–Crippen LogP) is 2.96. The molecule has 0 atom stereocenters. The van der Waals surface area contributed by atoms with Crippen LogP contribution in [0.2, 0.25) is 0 Å². The van der Waals surface area contributed by atoms with Crippen LogP contribution in [0.5, 0.6) is 0 Å². The monoisotopic (exact) mass is 218 g/mol. The molecule has 0 unspecified atom stereocenters. The summed E-state index contributed by atoms with van der Waals surface area (Å²) >= 11 is 0. The van der Waals surface area contributed by atoms with E-state index in [1.807, 2.05) is 18.2 Å². The minimum atomic E-state index is -0.176. The molecule has 0 heterocycles. The SMILES string of the molecule is COC(=O)C1(CCc2ccccc2)CCC1. The Labute approximate surface area is 96.6 Å². The molecule has 2 nitrogen and oxygen atoms in total. The molecule has 0 aliphatic heterocycles. The summed E-state index contributed by atoms with van der Waals surface area (Å²) in [4.78, 5) is 11.7. The van der Waals surface area contributed by atoms with Gasteiger partial charge in [0.2, 0.25) is 0 Å². The molecule has 16 heavy (non-hydrogen) atoms. The van der Waals surface area contributed by atoms with Crippen LogP contribution < -0.4 is 0 Å². The Kier molecular flexibility index (Phi) is 3.28. The molecule has 0 aromatic heterocycles. The molecule has 1 aromatic rings. The van der Waals surface area contributed by atoms with Crippen molar-refractivity contribution in [1.29, 1.82) is 0 Å². The van der Waals surface area contributed by atoms with E-state index in [2.05, 4.69) is 12.1 Å². The fraction of sp³-hybridized carbons (Fsp3) is 0.500. The molecule has 1 aliphatic rings. The van der Waals surface area contributed by atoms with Crippen LogP contribution in [0.25, 0.3) is 0 Å². The molecule has 1 fully saturated rings. The summed E-state index contributed by atoms with van der Waals surface area (Å²) in [6.45, 7) is 0. The molecule has 2 heteroatoms. The van der Waals surface area contributed by atoms with Crippen LogP contribution in [0.4, 0.5) is 0 Å². The van der Waals surface area contributed by atoms with Gasteiger partial charge in [0.25, 0.3) is 0 Å². The van der Waals surface area contributed by atoms with Crippen molar-refractivity contribution in [1.82, 2.24) is 0 Å². The van der Waals surface area contributed by atoms with Crippen LogP contribution in [0, 0.1) is 5.41 Å². The maximum atomic E-state index is 11.7. The second-order valence-corrected chi connectivity index (χ2v) is 4.61. The first-order chi connectivity index (χ1) is 7.77. The Hall–Kier alpha value is -1.31. The molecule has 0 radical (unpaired) electrons. The highest BCUT2D eigenvalue weighted by Crippen LogP contribution is 2.45. The number of hydrogen-bond acceptors (Lipinski definition) is 2. The number of ether oxygens (including phenoxy) is 1. The second-order valence-electron chi connectivity index (χ2n) is 4.61. The van der Waals surface area contributed by atoms with Crippen molar-refractivity contribution in [2.24, 2.45) is 5.41 Å². The first-order valence-electron chi connectivity index (χ1n) is 5.89. The topological polar surface area (TPSA) is 26.3 Å². The van der Waals surface area contributed by atoms with Gasteiger partial charge in [0.1, 0.15) is 0 Å². The maximum Gasteiger partial charge on any atom is 0.311 e. The van der Waals surface area contributed by atoms with Crippen LogP contribution >= 0.6 is 0 Å². The average Bonchev–Trinajstić information content (AvgIpc) is 2.28. The number of carbonyl (C=O) groups is 1. The lowest BCUT2D eigenvalue weighted by molar-refractivity contribution is -0.159. The second kappa shape index (κ2) is 4.69. The standard InChI is InChI=1S/C14H18O2/c1-16-13(15)14(9-5-10-14)11-8-12-6-3-2-4-7-12/h2-4,6-7H,5,8-11H2,1H3. The lowest BCUT2D eigenvalue weighted by Gasteiger charge is -2.39. The van der Waals surface area contributed by atoms with Gasteiger partial charge in [0.05, 0.1) is 12.5 Å². The largest absolute Gasteiger partial charge is 0.469 e. The number of esters is 1. The van der Waals surface area contributed by atoms with Crippen LogP contribution in [-0.4, -0.2) is 13.1 Å². The van der Waals surface area contributed by atoms with Crippen LogP contribution in [0.1, 0.15) is 31.2 Å². The molecule has 0 bridgehead atoms. The minimum absolute atomic E-state index is 0.0188. The molecule has 0 saturated heterocycles. The number of hydrogen-bond donors (Lipinski definition) is 0. The van der Waals surface area contributed by atoms with Gasteiger partial charge in [-0.3, -0.25) is 4.79 Å². The number of aryl methyl sites for hydroxylation is 1. The maximum absolute atomic E-state index is 11.7. The Bertz CT molecular complexity index is 352. The number of carbonyl (C=O) groups excluding carboxylic acids is 1. The molecule has 0 N–H and O–H groups in total. The molecule has 0 amide bonds. The Balaban J connectivity index is 1.96. The Morgan fingerprint density at radius 1 is 1.31 bits per heavy atom. The molecule has 1 saturated carbocycles. The molecule has 1 aromatic carbocycles. The van der Waals surface area contributed by atoms with Crippen molar-refractivity contribution in [2.45, 2.75) is 32.1 Å². The van der Waals surface area contributed by atoms with Gasteiger partial charge in [-0.25, -0.2) is 0 Å². The fourth-order valence-corrected chi connectivity index (χ4v) is 2.40. The summed E-state index contributed by atoms with van der Waals surface area (Å²) < 4.78 is 4.91. The first-order valence-corrected chi connectivity index (χ1v) is 5.89. The molecule has 1 aliphatic carbocycles. The summed E-state index contributed by atoms with van der Waals surface area (Å²) in [7, 11) is 1.49. The van der Waals surface area contributed by atoms with Crippen LogP contribution in [0.3, 0.4) is 0 Å². The number of rotatable bonds is 4. The summed E-state index contributed by atoms with van der Waals surface area (Å²) in [6, 6.07) is 10.3. The predicted molar refractivity (Wildman–Crippen MR) is 63.1 cm³/mol. The summed E-state index contributed by atoms with van der Waals surface area (Å²) in [5.41, 5.74) is 1.13. The first kappa shape index (κ1) is 11.2. The van der Waals surface area contributed by atoms with E-state index >= 15 is 0 Å². The van der Waals surface area contributed by atoms with Gasteiger partial charge in [-0.1, -0.05) is 36.8 Å². The van der Waals surface area contributed by atoms with E-state index in [0.29, 0.717) is 0 Å². The quantitative estimate of drug-likeness (QED) is 0.726. The van der Waals surface area contributed by atoms with Gasteiger partial charge >= 0.3 is 5.97 Å². The van der Waals surface area contributed by atoms with E-state index in [-0.39, 0.29) is 11.4 Å². The van der Waals surface area contributed by atoms with Crippen molar-refractivity contribution < 1.29 is 9.53 Å². The van der Waals surface area contributed by atoms with E-state index in [9.17, 15) is 4.79 Å². The Morgan fingerprint density at radius 2 is 2.00 bits per heavy atom. The third-order valence-corrected chi connectivity index (χ3v) is 3.66. The van der Waals surface area contributed by atoms with Crippen LogP contribution in [-0.2, 0) is 16.0 Å². The lowest BCUT2D eigenvalue weighted by atomic mass is 9.65. The number of methoxy groups -OCH3 is 1. The van der Waals surface area contributed by atoms with Gasteiger partial charge in [-0.05, 0) is 31.2 Å². The summed E-state index contributed by atoms with van der Waals surface area (Å²) in [6.07, 6.45) is 5.03. The number of benzene rings is 1. The van der Waals surface area contributed by atoms with E-state index < -0.39 is 0 Å². The fourth-order valence-electron chi connectivity index (χ4n) is 2.40. The van der Waals surface area contributed by atoms with Gasteiger partial charge in [-0.2, -0.15) is 0 Å². The average molecular weight is 218 g/mol. The zero-order valence-electron chi connectivity index (χ0n) is 9.74. The van der Waals surface area contributed by atoms with E-state index in [1.54, 1.807) is 0 Å². The third kappa shape index (κ3) is 2.11. The molecule has 0 spiro atoms. The van der Waals surface area contributed by atoms with Gasteiger partial charge < -0.3 is 4.74 Å². The van der Waals surface area contributed by atoms with E-state index in [0.717, 1.165) is 32.1 Å². The van der Waals surface area contributed by atoms with Gasteiger partial charge in [-0.15, -0.1) is 0 Å². The highest BCUT2D eigenvalue weighted by atomic mass is 16.5. The summed E-state index contributed by atoms with van der Waals surface area (Å²) in [5.74, 6) is -0.0188. The van der Waals surface area contributed by atoms with Crippen LogP contribution in [0.15, 0.2) is 30.3 Å². The van der Waals surface area contributed by atoms with Crippen molar-refractivity contribution in [3.63, 3.8) is 0 Å². The van der Waals surface area contributed by atoms with Crippen molar-refractivity contribution in [2.75, 3.05) is 7.11 Å². The smallest absolute Gasteiger partial charge is 0.311 e. The molecular weight excluding hydrogens is 200 g/mol. The highest BCUT2D eigenvalue weighted by Gasteiger charge is 2.44. The molecular formula is C14H18O2. The normalized spacial score (nSPS) is 17.6. The van der Waals surface area contributed by atoms with E-state index in [4.69, 9.17) is 4.74 Å². The third-order valence-electron chi connectivity index (χ3n) is 3.66. The summed E-state index contributed by atoms with van der Waals surface area (Å²) in [5, 5.41) is 0. The van der Waals surface area contributed by atoms with Crippen molar-refractivity contribution >= 4 is 5.97 Å². The van der Waals surface area contributed by atoms with Gasteiger partial charge in [0, 0.05) is 0 Å². The van der Waals surface area contributed by atoms with Crippen molar-refractivity contribution in [3.05, 3.63) is 35.9 Å². The molecule has 86 valence electrons. The van der Waals surface area contributed by atoms with Gasteiger partial charge in [0.15, 0.2) is 0 Å². The van der Waals surface area contributed by atoms with Crippen molar-refractivity contribution in [3.8, 4) is 0 Å².